The first kappa shape index (κ1) is 9.58. The Morgan fingerprint density at radius 2 is 2.07 bits per heavy atom. The molecule has 1 heterocycles. The molecule has 0 amide bonds. The lowest BCUT2D eigenvalue weighted by Crippen LogP contribution is -2.31. The highest BCUT2D eigenvalue weighted by Crippen LogP contribution is 2.38. The van der Waals surface area contributed by atoms with Crippen LogP contribution in [0.5, 0.6) is 0 Å². The number of tetrazole rings is 1. The molecule has 1 saturated carbocycles. The van der Waals surface area contributed by atoms with Crippen LogP contribution in [0.3, 0.4) is 0 Å². The maximum absolute atomic E-state index is 10.3. The van der Waals surface area contributed by atoms with E-state index < -0.39 is 5.60 Å². The van der Waals surface area contributed by atoms with E-state index in [4.69, 9.17) is 0 Å². The van der Waals surface area contributed by atoms with Crippen LogP contribution in [-0.4, -0.2) is 25.3 Å². The summed E-state index contributed by atoms with van der Waals surface area (Å²) in [7, 11) is 1.71. The van der Waals surface area contributed by atoms with Crippen LogP contribution < -0.4 is 0 Å². The lowest BCUT2D eigenvalue weighted by Gasteiger charge is -2.26. The number of hydrogen-bond donors (Lipinski definition) is 1. The predicted molar refractivity (Wildman–Crippen MR) is 50.3 cm³/mol. The van der Waals surface area contributed by atoms with Gasteiger partial charge in [-0.25, -0.2) is 0 Å². The molecule has 1 aliphatic carbocycles. The minimum atomic E-state index is -0.912. The van der Waals surface area contributed by atoms with E-state index in [1.807, 2.05) is 0 Å². The van der Waals surface area contributed by atoms with Crippen molar-refractivity contribution < 1.29 is 5.11 Å². The zero-order chi connectivity index (χ0) is 10.2. The van der Waals surface area contributed by atoms with E-state index in [1.165, 1.54) is 17.6 Å². The minimum absolute atomic E-state index is 0.284. The Morgan fingerprint density at radius 1 is 1.43 bits per heavy atom. The third-order valence-electron chi connectivity index (χ3n) is 3.11. The molecular formula is C9H16N4O. The maximum atomic E-state index is 10.3. The SMILES string of the molecule is Cn1nnc(C(C)(O)C2CCCC2)n1. The van der Waals surface area contributed by atoms with Crippen LogP contribution in [0.2, 0.25) is 0 Å². The van der Waals surface area contributed by atoms with Gasteiger partial charge in [-0.2, -0.15) is 4.80 Å². The molecule has 0 radical (unpaired) electrons. The van der Waals surface area contributed by atoms with Crippen LogP contribution >= 0.6 is 0 Å². The second-order valence-corrected chi connectivity index (χ2v) is 4.23. The molecule has 0 saturated heterocycles. The Kier molecular flexibility index (Phi) is 2.26. The van der Waals surface area contributed by atoms with Gasteiger partial charge < -0.3 is 5.11 Å². The average Bonchev–Trinajstić information content (AvgIpc) is 2.72. The summed E-state index contributed by atoms with van der Waals surface area (Å²) >= 11 is 0. The summed E-state index contributed by atoms with van der Waals surface area (Å²) < 4.78 is 0. The standard InChI is InChI=1S/C9H16N4O/c1-9(14,7-5-3-4-6-7)8-10-12-13(2)11-8/h7,14H,3-6H2,1-2H3. The number of rotatable bonds is 2. The fourth-order valence-corrected chi connectivity index (χ4v) is 2.16. The first-order chi connectivity index (χ1) is 6.60. The first-order valence-electron chi connectivity index (χ1n) is 5.07. The lowest BCUT2D eigenvalue weighted by atomic mass is 9.87. The maximum Gasteiger partial charge on any atom is 0.206 e. The monoisotopic (exact) mass is 196 g/mol. The zero-order valence-electron chi connectivity index (χ0n) is 8.64. The summed E-state index contributed by atoms with van der Waals surface area (Å²) in [4.78, 5) is 1.39. The predicted octanol–water partition coefficient (Wildman–Crippen LogP) is 0.608. The van der Waals surface area contributed by atoms with E-state index >= 15 is 0 Å². The van der Waals surface area contributed by atoms with E-state index in [0.717, 1.165) is 12.8 Å². The van der Waals surface area contributed by atoms with Crippen LogP contribution in [0, 0.1) is 5.92 Å². The second kappa shape index (κ2) is 3.31. The van der Waals surface area contributed by atoms with Crippen molar-refractivity contribution in [3.8, 4) is 0 Å². The van der Waals surface area contributed by atoms with Crippen molar-refractivity contribution in [3.05, 3.63) is 5.82 Å². The Bertz CT molecular complexity index is 314. The van der Waals surface area contributed by atoms with E-state index in [9.17, 15) is 5.11 Å². The topological polar surface area (TPSA) is 63.8 Å². The number of hydrogen-bond acceptors (Lipinski definition) is 4. The number of aromatic nitrogens is 4. The second-order valence-electron chi connectivity index (χ2n) is 4.23. The van der Waals surface area contributed by atoms with Gasteiger partial charge in [-0.05, 0) is 30.9 Å². The molecule has 1 aromatic rings. The average molecular weight is 196 g/mol. The smallest absolute Gasteiger partial charge is 0.206 e. The quantitative estimate of drug-likeness (QED) is 0.752. The van der Waals surface area contributed by atoms with Gasteiger partial charge in [0.2, 0.25) is 5.82 Å². The van der Waals surface area contributed by atoms with Crippen molar-refractivity contribution in [2.45, 2.75) is 38.2 Å². The summed E-state index contributed by atoms with van der Waals surface area (Å²) in [5, 5.41) is 22.0. The zero-order valence-corrected chi connectivity index (χ0v) is 8.64. The summed E-state index contributed by atoms with van der Waals surface area (Å²) in [5.41, 5.74) is -0.912. The number of aryl methyl sites for hydroxylation is 1. The molecule has 2 rings (SSSR count). The Labute approximate surface area is 83.1 Å². The van der Waals surface area contributed by atoms with Crippen LogP contribution in [0.25, 0.3) is 0 Å². The van der Waals surface area contributed by atoms with Crippen molar-refractivity contribution in [2.24, 2.45) is 13.0 Å². The molecule has 5 nitrogen and oxygen atoms in total. The highest BCUT2D eigenvalue weighted by Gasteiger charge is 2.39. The molecule has 1 unspecified atom stereocenters. The van der Waals surface area contributed by atoms with Crippen molar-refractivity contribution in [1.29, 1.82) is 0 Å². The van der Waals surface area contributed by atoms with Crippen molar-refractivity contribution >= 4 is 0 Å². The molecule has 14 heavy (non-hydrogen) atoms. The van der Waals surface area contributed by atoms with Gasteiger partial charge in [0.05, 0.1) is 7.05 Å². The fraction of sp³-hybridized carbons (Fsp3) is 0.889. The number of aliphatic hydroxyl groups is 1. The van der Waals surface area contributed by atoms with Gasteiger partial charge in [-0.3, -0.25) is 0 Å². The molecule has 1 aromatic heterocycles. The van der Waals surface area contributed by atoms with E-state index in [1.54, 1.807) is 14.0 Å². The van der Waals surface area contributed by atoms with Gasteiger partial charge in [0.15, 0.2) is 0 Å². The Balaban J connectivity index is 2.22. The van der Waals surface area contributed by atoms with Crippen LogP contribution in [0.1, 0.15) is 38.4 Å². The van der Waals surface area contributed by atoms with Gasteiger partial charge in [-0.1, -0.05) is 12.8 Å². The molecule has 0 spiro atoms. The summed E-state index contributed by atoms with van der Waals surface area (Å²) in [5.74, 6) is 0.735. The van der Waals surface area contributed by atoms with E-state index in [0.29, 0.717) is 5.82 Å². The summed E-state index contributed by atoms with van der Waals surface area (Å²) in [6, 6.07) is 0. The molecule has 0 bridgehead atoms. The van der Waals surface area contributed by atoms with Crippen molar-refractivity contribution in [2.75, 3.05) is 0 Å². The van der Waals surface area contributed by atoms with Crippen LogP contribution in [0.4, 0.5) is 0 Å². The first-order valence-corrected chi connectivity index (χ1v) is 5.07. The van der Waals surface area contributed by atoms with Crippen molar-refractivity contribution in [3.63, 3.8) is 0 Å². The molecule has 78 valence electrons. The highest BCUT2D eigenvalue weighted by molar-refractivity contribution is 4.99. The summed E-state index contributed by atoms with van der Waals surface area (Å²) in [6.07, 6.45) is 4.51. The minimum Gasteiger partial charge on any atom is -0.382 e. The lowest BCUT2D eigenvalue weighted by molar-refractivity contribution is -0.0119. The van der Waals surface area contributed by atoms with Gasteiger partial charge >= 0.3 is 0 Å². The third-order valence-corrected chi connectivity index (χ3v) is 3.11. The van der Waals surface area contributed by atoms with Gasteiger partial charge in [0.25, 0.3) is 0 Å². The number of nitrogens with zero attached hydrogens (tertiary/aromatic N) is 4. The largest absolute Gasteiger partial charge is 0.382 e. The molecule has 1 atom stereocenters. The molecule has 1 N–H and O–H groups in total. The fourth-order valence-electron chi connectivity index (χ4n) is 2.16. The third kappa shape index (κ3) is 1.52. The molecule has 0 aliphatic heterocycles. The van der Waals surface area contributed by atoms with Crippen LogP contribution in [0.15, 0.2) is 0 Å². The highest BCUT2D eigenvalue weighted by atomic mass is 16.3. The molecular weight excluding hydrogens is 180 g/mol. The van der Waals surface area contributed by atoms with Crippen LogP contribution in [-0.2, 0) is 12.6 Å². The Hall–Kier alpha value is -0.970. The van der Waals surface area contributed by atoms with E-state index in [2.05, 4.69) is 15.4 Å². The molecule has 0 aromatic carbocycles. The molecule has 1 fully saturated rings. The normalized spacial score (nSPS) is 22.5. The molecule has 1 aliphatic rings. The van der Waals surface area contributed by atoms with E-state index in [-0.39, 0.29) is 5.92 Å². The molecule has 5 heteroatoms. The van der Waals surface area contributed by atoms with Gasteiger partial charge in [0.1, 0.15) is 5.60 Å². The van der Waals surface area contributed by atoms with Gasteiger partial charge in [-0.15, -0.1) is 10.2 Å². The van der Waals surface area contributed by atoms with Crippen molar-refractivity contribution in [1.82, 2.24) is 20.2 Å². The Morgan fingerprint density at radius 3 is 2.57 bits per heavy atom. The summed E-state index contributed by atoms with van der Waals surface area (Å²) in [6.45, 7) is 1.79. The van der Waals surface area contributed by atoms with Gasteiger partial charge in [0, 0.05) is 0 Å².